The summed E-state index contributed by atoms with van der Waals surface area (Å²) >= 11 is 0. The predicted octanol–water partition coefficient (Wildman–Crippen LogP) is 2.32. The second-order valence-electron chi connectivity index (χ2n) is 4.26. The van der Waals surface area contributed by atoms with Crippen molar-refractivity contribution < 1.29 is 0 Å². The van der Waals surface area contributed by atoms with Crippen LogP contribution in [0.25, 0.3) is 0 Å². The monoisotopic (exact) mass is 180 g/mol. The van der Waals surface area contributed by atoms with Gasteiger partial charge in [0.05, 0.1) is 12.6 Å². The highest BCUT2D eigenvalue weighted by atomic mass is 14.8. The Morgan fingerprint density at radius 2 is 2.31 bits per heavy atom. The molecule has 74 valence electrons. The molecular weight excluding hydrogens is 160 g/mol. The zero-order valence-electron chi connectivity index (χ0n) is 8.55. The van der Waals surface area contributed by atoms with E-state index in [1.807, 2.05) is 0 Å². The maximum absolute atomic E-state index is 8.33. The zero-order valence-corrected chi connectivity index (χ0v) is 8.55. The molecule has 1 fully saturated rings. The summed E-state index contributed by atoms with van der Waals surface area (Å²) in [5.41, 5.74) is 0. The van der Waals surface area contributed by atoms with Gasteiger partial charge in [-0.2, -0.15) is 5.26 Å². The van der Waals surface area contributed by atoms with Gasteiger partial charge in [0, 0.05) is 0 Å². The molecule has 0 saturated heterocycles. The molecule has 0 bridgehead atoms. The normalized spacial score (nSPS) is 28.3. The lowest BCUT2D eigenvalue weighted by Gasteiger charge is -2.26. The molecule has 1 aliphatic carbocycles. The molecule has 0 spiro atoms. The highest BCUT2D eigenvalue weighted by Gasteiger charge is 2.17. The van der Waals surface area contributed by atoms with Gasteiger partial charge < -0.3 is 5.32 Å². The van der Waals surface area contributed by atoms with Crippen LogP contribution in [0.2, 0.25) is 0 Å². The standard InChI is InChI=1S/C11H20N2/c1-10-3-2-4-11(9-10)5-7-13-8-6-12/h10-11,13H,2-5,7-9H2,1H3. The average molecular weight is 180 g/mol. The molecule has 0 aliphatic heterocycles. The fourth-order valence-electron chi connectivity index (χ4n) is 2.27. The molecule has 0 amide bonds. The van der Waals surface area contributed by atoms with Gasteiger partial charge in [0.2, 0.25) is 0 Å². The summed E-state index contributed by atoms with van der Waals surface area (Å²) in [6, 6.07) is 2.10. The Hall–Kier alpha value is -0.550. The first kappa shape index (κ1) is 10.5. The number of nitrogens with zero attached hydrogens (tertiary/aromatic N) is 1. The largest absolute Gasteiger partial charge is 0.304 e. The third kappa shape index (κ3) is 4.28. The van der Waals surface area contributed by atoms with E-state index in [1.165, 1.54) is 32.1 Å². The van der Waals surface area contributed by atoms with Crippen molar-refractivity contribution in [3.05, 3.63) is 0 Å². The lowest BCUT2D eigenvalue weighted by molar-refractivity contribution is 0.268. The molecule has 2 atom stereocenters. The molecule has 0 heterocycles. The lowest BCUT2D eigenvalue weighted by atomic mass is 9.81. The number of hydrogen-bond acceptors (Lipinski definition) is 2. The highest BCUT2D eigenvalue weighted by Crippen LogP contribution is 2.30. The summed E-state index contributed by atoms with van der Waals surface area (Å²) in [5, 5.41) is 11.5. The summed E-state index contributed by atoms with van der Waals surface area (Å²) in [5.74, 6) is 1.84. The van der Waals surface area contributed by atoms with Crippen molar-refractivity contribution in [3.8, 4) is 6.07 Å². The van der Waals surface area contributed by atoms with E-state index in [9.17, 15) is 0 Å². The smallest absolute Gasteiger partial charge is 0.0840 e. The average Bonchev–Trinajstić information content (AvgIpc) is 2.13. The minimum Gasteiger partial charge on any atom is -0.304 e. The molecule has 2 nitrogen and oxygen atoms in total. The second kappa shape index (κ2) is 5.99. The van der Waals surface area contributed by atoms with Crippen LogP contribution in [0.5, 0.6) is 0 Å². The van der Waals surface area contributed by atoms with Crippen LogP contribution in [-0.4, -0.2) is 13.1 Å². The number of nitriles is 1. The van der Waals surface area contributed by atoms with Gasteiger partial charge in [-0.1, -0.05) is 26.2 Å². The first-order chi connectivity index (χ1) is 6.33. The Bertz CT molecular complexity index is 171. The molecule has 0 radical (unpaired) electrons. The van der Waals surface area contributed by atoms with Gasteiger partial charge in [0.1, 0.15) is 0 Å². The molecule has 0 aromatic carbocycles. The fourth-order valence-corrected chi connectivity index (χ4v) is 2.27. The molecule has 0 aromatic rings. The van der Waals surface area contributed by atoms with E-state index < -0.39 is 0 Å². The quantitative estimate of drug-likeness (QED) is 0.532. The van der Waals surface area contributed by atoms with Gasteiger partial charge in [0.15, 0.2) is 0 Å². The Morgan fingerprint density at radius 3 is 3.00 bits per heavy atom. The summed E-state index contributed by atoms with van der Waals surface area (Å²) in [6.45, 7) is 3.88. The van der Waals surface area contributed by atoms with Crippen molar-refractivity contribution >= 4 is 0 Å². The number of hydrogen-bond donors (Lipinski definition) is 1. The van der Waals surface area contributed by atoms with Crippen LogP contribution in [0.4, 0.5) is 0 Å². The van der Waals surface area contributed by atoms with Crippen molar-refractivity contribution in [2.24, 2.45) is 11.8 Å². The molecular formula is C11H20N2. The zero-order chi connectivity index (χ0) is 9.52. The van der Waals surface area contributed by atoms with Crippen molar-refractivity contribution in [1.29, 1.82) is 5.26 Å². The van der Waals surface area contributed by atoms with E-state index in [1.54, 1.807) is 0 Å². The van der Waals surface area contributed by atoms with Crippen molar-refractivity contribution in [3.63, 3.8) is 0 Å². The Balaban J connectivity index is 2.04. The van der Waals surface area contributed by atoms with E-state index in [0.29, 0.717) is 6.54 Å². The van der Waals surface area contributed by atoms with E-state index in [2.05, 4.69) is 18.3 Å². The van der Waals surface area contributed by atoms with Crippen LogP contribution in [0.1, 0.15) is 39.0 Å². The van der Waals surface area contributed by atoms with Crippen LogP contribution in [0, 0.1) is 23.2 Å². The second-order valence-corrected chi connectivity index (χ2v) is 4.26. The van der Waals surface area contributed by atoms with Crippen molar-refractivity contribution in [2.75, 3.05) is 13.1 Å². The molecule has 0 aromatic heterocycles. The summed E-state index contributed by atoms with van der Waals surface area (Å²) in [6.07, 6.45) is 6.88. The molecule has 2 heteroatoms. The highest BCUT2D eigenvalue weighted by molar-refractivity contribution is 4.75. The van der Waals surface area contributed by atoms with Crippen LogP contribution < -0.4 is 5.32 Å². The van der Waals surface area contributed by atoms with Gasteiger partial charge in [-0.05, 0) is 31.2 Å². The van der Waals surface area contributed by atoms with Crippen molar-refractivity contribution in [2.45, 2.75) is 39.0 Å². The lowest BCUT2D eigenvalue weighted by Crippen LogP contribution is -2.21. The van der Waals surface area contributed by atoms with E-state index in [0.717, 1.165) is 18.4 Å². The first-order valence-corrected chi connectivity index (χ1v) is 5.40. The molecule has 1 aliphatic rings. The topological polar surface area (TPSA) is 35.8 Å². The third-order valence-electron chi connectivity index (χ3n) is 2.98. The SMILES string of the molecule is CC1CCCC(CCNCC#N)C1. The summed E-state index contributed by atoms with van der Waals surface area (Å²) in [4.78, 5) is 0. The van der Waals surface area contributed by atoms with E-state index >= 15 is 0 Å². The van der Waals surface area contributed by atoms with Gasteiger partial charge in [-0.3, -0.25) is 0 Å². The Kier molecular flexibility index (Phi) is 4.85. The van der Waals surface area contributed by atoms with Gasteiger partial charge in [-0.25, -0.2) is 0 Å². The minimum absolute atomic E-state index is 0.502. The van der Waals surface area contributed by atoms with E-state index in [4.69, 9.17) is 5.26 Å². The molecule has 1 rings (SSSR count). The maximum atomic E-state index is 8.33. The Labute approximate surface area is 81.3 Å². The first-order valence-electron chi connectivity index (χ1n) is 5.40. The van der Waals surface area contributed by atoms with Crippen LogP contribution in [-0.2, 0) is 0 Å². The Morgan fingerprint density at radius 1 is 1.46 bits per heavy atom. The number of rotatable bonds is 4. The number of nitrogens with one attached hydrogen (secondary N) is 1. The maximum Gasteiger partial charge on any atom is 0.0840 e. The minimum atomic E-state index is 0.502. The van der Waals surface area contributed by atoms with Crippen LogP contribution in [0.15, 0.2) is 0 Å². The van der Waals surface area contributed by atoms with Crippen LogP contribution in [0.3, 0.4) is 0 Å². The fraction of sp³-hybridized carbons (Fsp3) is 0.909. The predicted molar refractivity (Wildman–Crippen MR) is 54.2 cm³/mol. The molecule has 1 saturated carbocycles. The summed E-state index contributed by atoms with van der Waals surface area (Å²) < 4.78 is 0. The molecule has 13 heavy (non-hydrogen) atoms. The van der Waals surface area contributed by atoms with E-state index in [-0.39, 0.29) is 0 Å². The van der Waals surface area contributed by atoms with Gasteiger partial charge >= 0.3 is 0 Å². The van der Waals surface area contributed by atoms with Gasteiger partial charge in [0.25, 0.3) is 0 Å². The molecule has 2 unspecified atom stereocenters. The third-order valence-corrected chi connectivity index (χ3v) is 2.98. The summed E-state index contributed by atoms with van der Waals surface area (Å²) in [7, 11) is 0. The van der Waals surface area contributed by atoms with Crippen LogP contribution >= 0.6 is 0 Å². The van der Waals surface area contributed by atoms with Gasteiger partial charge in [-0.15, -0.1) is 0 Å². The molecule has 1 N–H and O–H groups in total. The van der Waals surface area contributed by atoms with Crippen molar-refractivity contribution in [1.82, 2.24) is 5.32 Å².